The highest BCUT2D eigenvalue weighted by molar-refractivity contribution is 9.10. The fraction of sp³-hybridized carbons (Fsp3) is 0.258. The van der Waals surface area contributed by atoms with Crippen LogP contribution in [0.4, 0.5) is 5.95 Å². The first kappa shape index (κ1) is 28.8. The Kier molecular flexibility index (Phi) is 9.31. The predicted octanol–water partition coefficient (Wildman–Crippen LogP) is 7.16. The van der Waals surface area contributed by atoms with Gasteiger partial charge >= 0.3 is 5.97 Å². The molecule has 1 aliphatic rings. The third kappa shape index (κ3) is 6.77. The van der Waals surface area contributed by atoms with E-state index in [1.54, 1.807) is 4.68 Å². The quantitative estimate of drug-likeness (QED) is 0.137. The van der Waals surface area contributed by atoms with Crippen LogP contribution >= 0.6 is 27.7 Å². The lowest BCUT2D eigenvalue weighted by Gasteiger charge is -2.28. The highest BCUT2D eigenvalue weighted by Crippen LogP contribution is 2.40. The van der Waals surface area contributed by atoms with Gasteiger partial charge in [-0.25, -0.2) is 9.48 Å². The van der Waals surface area contributed by atoms with Gasteiger partial charge in [-0.3, -0.25) is 0 Å². The Morgan fingerprint density at radius 3 is 2.46 bits per heavy atom. The molecule has 0 bridgehead atoms. The van der Waals surface area contributed by atoms with Crippen LogP contribution in [0.5, 0.6) is 11.5 Å². The summed E-state index contributed by atoms with van der Waals surface area (Å²) >= 11 is 5.01. The Morgan fingerprint density at radius 2 is 1.73 bits per heavy atom. The van der Waals surface area contributed by atoms with Gasteiger partial charge in [0.25, 0.3) is 0 Å². The average Bonchev–Trinajstić information content (AvgIpc) is 3.38. The van der Waals surface area contributed by atoms with Crippen molar-refractivity contribution in [1.82, 2.24) is 14.8 Å². The number of rotatable bonds is 11. The maximum atomic E-state index is 13.6. The number of halogens is 1. The summed E-state index contributed by atoms with van der Waals surface area (Å²) in [6.07, 6.45) is 0. The van der Waals surface area contributed by atoms with E-state index in [4.69, 9.17) is 19.3 Å². The monoisotopic (exact) mass is 634 g/mol. The lowest BCUT2D eigenvalue weighted by atomic mass is 9.95. The van der Waals surface area contributed by atoms with Crippen molar-refractivity contribution in [2.24, 2.45) is 0 Å². The van der Waals surface area contributed by atoms with Crippen molar-refractivity contribution in [3.8, 4) is 11.5 Å². The zero-order valence-electron chi connectivity index (χ0n) is 23.1. The van der Waals surface area contributed by atoms with Crippen LogP contribution in [0.25, 0.3) is 0 Å². The topological polar surface area (TPSA) is 87.5 Å². The zero-order chi connectivity index (χ0) is 28.8. The summed E-state index contributed by atoms with van der Waals surface area (Å²) in [5.74, 6) is 2.16. The zero-order valence-corrected chi connectivity index (χ0v) is 25.5. The van der Waals surface area contributed by atoms with Crippen molar-refractivity contribution >= 4 is 39.6 Å². The molecule has 1 atom stereocenters. The van der Waals surface area contributed by atoms with Crippen LogP contribution in [-0.4, -0.2) is 33.1 Å². The third-order valence-electron chi connectivity index (χ3n) is 6.43. The molecule has 0 spiro atoms. The van der Waals surface area contributed by atoms with Crippen molar-refractivity contribution in [2.45, 2.75) is 45.2 Å². The van der Waals surface area contributed by atoms with E-state index in [1.807, 2.05) is 93.6 Å². The van der Waals surface area contributed by atoms with Crippen molar-refractivity contribution in [2.75, 3.05) is 17.7 Å². The summed E-state index contributed by atoms with van der Waals surface area (Å²) in [5.41, 5.74) is 3.87. The highest BCUT2D eigenvalue weighted by atomic mass is 79.9. The molecule has 0 fully saturated rings. The first-order chi connectivity index (χ1) is 20.0. The van der Waals surface area contributed by atoms with Crippen LogP contribution in [0.2, 0.25) is 0 Å². The van der Waals surface area contributed by atoms with Gasteiger partial charge in [0.15, 0.2) is 11.5 Å². The number of thioether (sulfide) groups is 1. The van der Waals surface area contributed by atoms with Crippen LogP contribution < -0.4 is 14.8 Å². The molecule has 0 saturated carbocycles. The van der Waals surface area contributed by atoms with Crippen LogP contribution in [0.15, 0.2) is 93.7 Å². The summed E-state index contributed by atoms with van der Waals surface area (Å²) in [6.45, 7) is 6.84. The van der Waals surface area contributed by atoms with Crippen molar-refractivity contribution in [1.29, 1.82) is 0 Å². The first-order valence-corrected chi connectivity index (χ1v) is 15.2. The molecule has 0 aliphatic carbocycles. The first-order valence-electron chi connectivity index (χ1n) is 13.4. The number of aromatic nitrogens is 3. The Hall–Kier alpha value is -3.76. The minimum Gasteiger partial charge on any atom is -0.490 e. The molecule has 0 saturated heterocycles. The molecule has 3 aromatic carbocycles. The van der Waals surface area contributed by atoms with E-state index in [2.05, 4.69) is 26.2 Å². The molecule has 212 valence electrons. The molecule has 0 amide bonds. The summed E-state index contributed by atoms with van der Waals surface area (Å²) in [6, 6.07) is 22.7. The number of benzene rings is 3. The lowest BCUT2D eigenvalue weighted by molar-refractivity contribution is -0.140. The lowest BCUT2D eigenvalue weighted by Crippen LogP contribution is -2.29. The molecular weight excluding hydrogens is 604 g/mol. The average molecular weight is 636 g/mol. The van der Waals surface area contributed by atoms with Gasteiger partial charge in [-0.05, 0) is 60.6 Å². The maximum Gasteiger partial charge on any atom is 0.338 e. The fourth-order valence-corrected chi connectivity index (χ4v) is 5.34. The second-order valence-electron chi connectivity index (χ2n) is 9.28. The molecule has 1 aliphatic heterocycles. The third-order valence-corrected chi connectivity index (χ3v) is 7.68. The van der Waals surface area contributed by atoms with Crippen LogP contribution in [0, 0.1) is 0 Å². The SMILES string of the molecule is CCOc1cc(C2C(C(=O)OCc3ccccc3)=C(C)Nc3nc(SCC)nn32)ccc1OCc1ccc(Br)cc1. The molecular formula is C31H31BrN4O4S. The molecule has 0 radical (unpaired) electrons. The number of carbonyl (C=O) groups excluding carboxylic acids is 1. The number of fused-ring (bicyclic) bond motifs is 1. The van der Waals surface area contributed by atoms with E-state index in [1.165, 1.54) is 11.8 Å². The number of anilines is 1. The van der Waals surface area contributed by atoms with Gasteiger partial charge in [0.05, 0.1) is 12.2 Å². The highest BCUT2D eigenvalue weighted by Gasteiger charge is 2.36. The number of carbonyl (C=O) groups is 1. The number of allylic oxidation sites excluding steroid dienone is 1. The summed E-state index contributed by atoms with van der Waals surface area (Å²) in [4.78, 5) is 18.3. The van der Waals surface area contributed by atoms with Gasteiger partial charge in [0.2, 0.25) is 11.1 Å². The molecule has 5 rings (SSSR count). The number of esters is 1. The van der Waals surface area contributed by atoms with Crippen LogP contribution in [-0.2, 0) is 22.7 Å². The normalized spacial score (nSPS) is 14.3. The van der Waals surface area contributed by atoms with Crippen LogP contribution in [0.3, 0.4) is 0 Å². The number of ether oxygens (including phenoxy) is 3. The second-order valence-corrected chi connectivity index (χ2v) is 11.4. The molecule has 10 heteroatoms. The summed E-state index contributed by atoms with van der Waals surface area (Å²) in [7, 11) is 0. The van der Waals surface area contributed by atoms with Gasteiger partial charge in [0.1, 0.15) is 19.3 Å². The fourth-order valence-electron chi connectivity index (χ4n) is 4.52. The number of hydrogen-bond donors (Lipinski definition) is 1. The van der Waals surface area contributed by atoms with E-state index in [-0.39, 0.29) is 6.61 Å². The van der Waals surface area contributed by atoms with Gasteiger partial charge in [-0.2, -0.15) is 4.98 Å². The van der Waals surface area contributed by atoms with E-state index >= 15 is 0 Å². The maximum absolute atomic E-state index is 13.6. The van der Waals surface area contributed by atoms with Gasteiger partial charge in [-0.15, -0.1) is 5.10 Å². The van der Waals surface area contributed by atoms with E-state index in [0.29, 0.717) is 47.1 Å². The number of nitrogens with one attached hydrogen (secondary N) is 1. The van der Waals surface area contributed by atoms with Crippen molar-refractivity contribution in [3.63, 3.8) is 0 Å². The second kappa shape index (κ2) is 13.3. The summed E-state index contributed by atoms with van der Waals surface area (Å²) in [5, 5.41) is 8.64. The Morgan fingerprint density at radius 1 is 0.976 bits per heavy atom. The predicted molar refractivity (Wildman–Crippen MR) is 163 cm³/mol. The molecule has 1 unspecified atom stereocenters. The standard InChI is InChI=1S/C31H31BrN4O4S/c1-4-38-26-17-23(13-16-25(26)39-18-22-11-14-24(32)15-12-22)28-27(29(37)40-19-21-9-7-6-8-10-21)20(3)33-30-34-31(41-5-2)35-36(28)30/h6-17,28H,4-5,18-19H2,1-3H3,(H,33,34,35). The smallest absolute Gasteiger partial charge is 0.338 e. The van der Waals surface area contributed by atoms with Crippen LogP contribution in [0.1, 0.15) is 43.5 Å². The van der Waals surface area contributed by atoms with E-state index in [9.17, 15) is 4.79 Å². The van der Waals surface area contributed by atoms with Gasteiger partial charge in [0, 0.05) is 10.2 Å². The summed E-state index contributed by atoms with van der Waals surface area (Å²) < 4.78 is 20.7. The molecule has 1 N–H and O–H groups in total. The van der Waals surface area contributed by atoms with Gasteiger partial charge < -0.3 is 19.5 Å². The minimum atomic E-state index is -0.576. The minimum absolute atomic E-state index is 0.164. The molecule has 8 nitrogen and oxygen atoms in total. The van der Waals surface area contributed by atoms with E-state index < -0.39 is 12.0 Å². The Labute approximate surface area is 252 Å². The Bertz CT molecular complexity index is 1540. The Balaban J connectivity index is 1.49. The van der Waals surface area contributed by atoms with Crippen molar-refractivity contribution in [3.05, 3.63) is 105 Å². The molecule has 1 aromatic heterocycles. The molecule has 2 heterocycles. The van der Waals surface area contributed by atoms with Crippen molar-refractivity contribution < 1.29 is 19.0 Å². The van der Waals surface area contributed by atoms with Gasteiger partial charge in [-0.1, -0.05) is 83.1 Å². The molecule has 4 aromatic rings. The largest absolute Gasteiger partial charge is 0.490 e. The number of hydrogen-bond acceptors (Lipinski definition) is 8. The molecule has 41 heavy (non-hydrogen) atoms. The van der Waals surface area contributed by atoms with E-state index in [0.717, 1.165) is 26.9 Å². The number of nitrogens with zero attached hydrogens (tertiary/aromatic N) is 3.